The summed E-state index contributed by atoms with van der Waals surface area (Å²) in [4.78, 5) is 0. The van der Waals surface area contributed by atoms with Crippen molar-refractivity contribution >= 4 is 9.84 Å². The summed E-state index contributed by atoms with van der Waals surface area (Å²) in [5.41, 5.74) is 0. The van der Waals surface area contributed by atoms with Crippen LogP contribution in [-0.4, -0.2) is 32.0 Å². The zero-order chi connectivity index (χ0) is 12.9. The third kappa shape index (κ3) is 4.96. The first-order valence-corrected chi connectivity index (χ1v) is 8.62. The largest absolute Gasteiger partial charge is 0.313 e. The van der Waals surface area contributed by atoms with E-state index in [-0.39, 0.29) is 11.0 Å². The van der Waals surface area contributed by atoms with E-state index in [1.807, 2.05) is 0 Å². The third-order valence-corrected chi connectivity index (χ3v) is 6.11. The van der Waals surface area contributed by atoms with Crippen LogP contribution in [0.25, 0.3) is 0 Å². The van der Waals surface area contributed by atoms with Crippen LogP contribution in [0.3, 0.4) is 0 Å². The number of hydrogen-bond donors (Lipinski definition) is 1. The van der Waals surface area contributed by atoms with Gasteiger partial charge < -0.3 is 5.32 Å². The second kappa shape index (κ2) is 6.74. The molecule has 0 radical (unpaired) electrons. The first kappa shape index (κ1) is 15.0. The first-order chi connectivity index (χ1) is 7.95. The normalized spacial score (nSPS) is 26.4. The van der Waals surface area contributed by atoms with Gasteiger partial charge in [0.2, 0.25) is 0 Å². The van der Waals surface area contributed by atoms with Gasteiger partial charge in [-0.3, -0.25) is 0 Å². The van der Waals surface area contributed by atoms with E-state index >= 15 is 0 Å². The Morgan fingerprint density at radius 1 is 1.29 bits per heavy atom. The van der Waals surface area contributed by atoms with E-state index in [0.717, 1.165) is 5.92 Å². The highest BCUT2D eigenvalue weighted by molar-refractivity contribution is 7.92. The fourth-order valence-electron chi connectivity index (χ4n) is 2.49. The second-order valence-electron chi connectivity index (χ2n) is 5.51. The van der Waals surface area contributed by atoms with Crippen molar-refractivity contribution in [2.24, 2.45) is 5.92 Å². The molecule has 1 fully saturated rings. The van der Waals surface area contributed by atoms with Gasteiger partial charge in [0.05, 0.1) is 11.0 Å². The minimum absolute atomic E-state index is 0.251. The molecule has 4 heteroatoms. The van der Waals surface area contributed by atoms with Crippen LogP contribution in [0, 0.1) is 5.92 Å². The Hall–Kier alpha value is -0.0900. The monoisotopic (exact) mass is 261 g/mol. The maximum absolute atomic E-state index is 11.7. The molecule has 0 aliphatic heterocycles. The van der Waals surface area contributed by atoms with E-state index in [9.17, 15) is 8.42 Å². The minimum Gasteiger partial charge on any atom is -0.313 e. The molecule has 0 amide bonds. The molecular weight excluding hydrogens is 234 g/mol. The molecule has 0 aromatic heterocycles. The molecular formula is C13H27NO2S. The quantitative estimate of drug-likeness (QED) is 0.798. The van der Waals surface area contributed by atoms with Gasteiger partial charge in [0, 0.05) is 12.6 Å². The molecule has 1 rings (SSSR count). The van der Waals surface area contributed by atoms with E-state index in [4.69, 9.17) is 0 Å². The van der Waals surface area contributed by atoms with E-state index < -0.39 is 9.84 Å². The van der Waals surface area contributed by atoms with Gasteiger partial charge in [0.1, 0.15) is 0 Å². The molecule has 102 valence electrons. The Balaban J connectivity index is 2.27. The molecule has 0 bridgehead atoms. The van der Waals surface area contributed by atoms with E-state index in [2.05, 4.69) is 12.2 Å². The number of nitrogens with one attached hydrogen (secondary N) is 1. The molecule has 1 N–H and O–H groups in total. The van der Waals surface area contributed by atoms with Gasteiger partial charge in [-0.25, -0.2) is 8.42 Å². The molecule has 1 saturated carbocycles. The lowest BCUT2D eigenvalue weighted by Gasteiger charge is -2.29. The summed E-state index contributed by atoms with van der Waals surface area (Å²) in [5, 5.41) is 3.17. The highest BCUT2D eigenvalue weighted by atomic mass is 32.2. The average molecular weight is 261 g/mol. The fraction of sp³-hybridized carbons (Fsp3) is 1.00. The standard InChI is InChI=1S/C13H27NO2S/c1-4-12-6-5-7-13(10-12)14-8-9-17(15,16)11(2)3/h11-14H,4-10H2,1-3H3. The summed E-state index contributed by atoms with van der Waals surface area (Å²) in [6.07, 6.45) is 6.31. The molecule has 3 nitrogen and oxygen atoms in total. The third-order valence-electron chi connectivity index (χ3n) is 3.90. The first-order valence-electron chi connectivity index (χ1n) is 6.90. The minimum atomic E-state index is -2.88. The van der Waals surface area contributed by atoms with Gasteiger partial charge in [-0.05, 0) is 32.6 Å². The zero-order valence-corrected chi connectivity index (χ0v) is 12.2. The summed E-state index contributed by atoms with van der Waals surface area (Å²) in [6.45, 7) is 6.37. The van der Waals surface area contributed by atoms with Gasteiger partial charge in [-0.1, -0.05) is 26.2 Å². The fourth-order valence-corrected chi connectivity index (χ4v) is 3.36. The Morgan fingerprint density at radius 2 is 2.00 bits per heavy atom. The lowest BCUT2D eigenvalue weighted by atomic mass is 9.84. The number of sulfone groups is 1. The molecule has 0 aromatic carbocycles. The van der Waals surface area contributed by atoms with E-state index in [0.29, 0.717) is 12.6 Å². The Labute approximate surface area is 106 Å². The van der Waals surface area contributed by atoms with Gasteiger partial charge in [-0.15, -0.1) is 0 Å². The van der Waals surface area contributed by atoms with Crippen LogP contribution in [0.4, 0.5) is 0 Å². The van der Waals surface area contributed by atoms with Crippen molar-refractivity contribution in [3.8, 4) is 0 Å². The topological polar surface area (TPSA) is 46.2 Å². The molecule has 0 saturated heterocycles. The summed E-state index contributed by atoms with van der Waals surface area (Å²) >= 11 is 0. The lowest BCUT2D eigenvalue weighted by Crippen LogP contribution is -2.37. The molecule has 0 heterocycles. The molecule has 17 heavy (non-hydrogen) atoms. The van der Waals surface area contributed by atoms with E-state index in [1.165, 1.54) is 32.1 Å². The van der Waals surface area contributed by atoms with Crippen molar-refractivity contribution in [3.05, 3.63) is 0 Å². The second-order valence-corrected chi connectivity index (χ2v) is 8.18. The molecule has 0 spiro atoms. The zero-order valence-electron chi connectivity index (χ0n) is 11.4. The van der Waals surface area contributed by atoms with Crippen molar-refractivity contribution in [2.45, 2.75) is 64.2 Å². The van der Waals surface area contributed by atoms with Gasteiger partial charge in [0.15, 0.2) is 9.84 Å². The van der Waals surface area contributed by atoms with E-state index in [1.54, 1.807) is 13.8 Å². The van der Waals surface area contributed by atoms with Crippen LogP contribution in [-0.2, 0) is 9.84 Å². The van der Waals surface area contributed by atoms with Crippen LogP contribution >= 0.6 is 0 Å². The predicted molar refractivity (Wildman–Crippen MR) is 73.0 cm³/mol. The number of rotatable bonds is 6. The summed E-state index contributed by atoms with van der Waals surface area (Å²) in [6, 6.07) is 0.538. The van der Waals surface area contributed by atoms with Gasteiger partial charge in [0.25, 0.3) is 0 Å². The highest BCUT2D eigenvalue weighted by Crippen LogP contribution is 2.26. The lowest BCUT2D eigenvalue weighted by molar-refractivity contribution is 0.282. The summed E-state index contributed by atoms with van der Waals surface area (Å²) < 4.78 is 23.3. The summed E-state index contributed by atoms with van der Waals surface area (Å²) in [7, 11) is -2.88. The van der Waals surface area contributed by atoms with Crippen molar-refractivity contribution < 1.29 is 8.42 Å². The Bertz CT molecular complexity index is 311. The van der Waals surface area contributed by atoms with Crippen molar-refractivity contribution in [2.75, 3.05) is 12.3 Å². The van der Waals surface area contributed by atoms with Crippen LogP contribution in [0.15, 0.2) is 0 Å². The average Bonchev–Trinajstić information content (AvgIpc) is 2.29. The van der Waals surface area contributed by atoms with Gasteiger partial charge in [-0.2, -0.15) is 0 Å². The molecule has 1 aliphatic carbocycles. The van der Waals surface area contributed by atoms with Crippen molar-refractivity contribution in [3.63, 3.8) is 0 Å². The van der Waals surface area contributed by atoms with Crippen LogP contribution in [0.5, 0.6) is 0 Å². The van der Waals surface area contributed by atoms with Crippen molar-refractivity contribution in [1.29, 1.82) is 0 Å². The maximum Gasteiger partial charge on any atom is 0.153 e. The van der Waals surface area contributed by atoms with Crippen LogP contribution in [0.2, 0.25) is 0 Å². The predicted octanol–water partition coefficient (Wildman–Crippen LogP) is 2.37. The SMILES string of the molecule is CCC1CCCC(NCCS(=O)(=O)C(C)C)C1. The van der Waals surface area contributed by atoms with Crippen LogP contribution < -0.4 is 5.32 Å². The smallest absolute Gasteiger partial charge is 0.153 e. The van der Waals surface area contributed by atoms with Gasteiger partial charge >= 0.3 is 0 Å². The number of hydrogen-bond acceptors (Lipinski definition) is 3. The van der Waals surface area contributed by atoms with Crippen molar-refractivity contribution in [1.82, 2.24) is 5.32 Å². The molecule has 2 atom stereocenters. The molecule has 2 unspecified atom stereocenters. The Morgan fingerprint density at radius 3 is 2.59 bits per heavy atom. The summed E-state index contributed by atoms with van der Waals surface area (Å²) in [5.74, 6) is 1.11. The molecule has 0 aromatic rings. The highest BCUT2D eigenvalue weighted by Gasteiger charge is 2.21. The Kier molecular flexibility index (Phi) is 5.93. The molecule has 1 aliphatic rings. The van der Waals surface area contributed by atoms with Crippen LogP contribution in [0.1, 0.15) is 52.9 Å². The maximum atomic E-state index is 11.7.